The Morgan fingerprint density at radius 1 is 1.17 bits per heavy atom. The van der Waals surface area contributed by atoms with Gasteiger partial charge in [-0.2, -0.15) is 13.2 Å². The molecular formula is C16H15BrF3NO2. The number of amides is 1. The lowest BCUT2D eigenvalue weighted by molar-refractivity contribution is -0.137. The summed E-state index contributed by atoms with van der Waals surface area (Å²) in [7, 11) is 0. The van der Waals surface area contributed by atoms with Crippen LogP contribution < -0.4 is 5.32 Å². The minimum absolute atomic E-state index is 0.136. The number of benzene rings is 1. The summed E-state index contributed by atoms with van der Waals surface area (Å²) in [5, 5.41) is 2.67. The van der Waals surface area contributed by atoms with Crippen molar-refractivity contribution in [3.63, 3.8) is 0 Å². The Bertz CT molecular complexity index is 707. The molecule has 0 aliphatic rings. The first-order chi connectivity index (χ1) is 10.6. The summed E-state index contributed by atoms with van der Waals surface area (Å²) in [6.45, 7) is 3.70. The summed E-state index contributed by atoms with van der Waals surface area (Å²) in [4.78, 5) is 12.0. The number of hydrogen-bond acceptors (Lipinski definition) is 2. The summed E-state index contributed by atoms with van der Waals surface area (Å²) in [6.07, 6.45) is -4.39. The van der Waals surface area contributed by atoms with Gasteiger partial charge in [-0.25, -0.2) is 0 Å². The largest absolute Gasteiger partial charge is 0.444 e. The van der Waals surface area contributed by atoms with Crippen LogP contribution in [0.1, 0.15) is 35.5 Å². The van der Waals surface area contributed by atoms with E-state index in [-0.39, 0.29) is 12.3 Å². The summed E-state index contributed by atoms with van der Waals surface area (Å²) in [5.74, 6) is -0.285. The molecule has 0 aliphatic carbocycles. The molecule has 0 saturated carbocycles. The molecule has 3 nitrogen and oxygen atoms in total. The first kappa shape index (κ1) is 17.6. The van der Waals surface area contributed by atoms with E-state index >= 15 is 0 Å². The van der Waals surface area contributed by atoms with E-state index in [2.05, 4.69) is 21.2 Å². The van der Waals surface area contributed by atoms with Crippen LogP contribution in [0, 0.1) is 0 Å². The molecule has 2 aromatic rings. The Morgan fingerprint density at radius 2 is 1.83 bits per heavy atom. The molecule has 0 atom stereocenters. The van der Waals surface area contributed by atoms with E-state index in [1.54, 1.807) is 26.0 Å². The molecule has 1 aromatic carbocycles. The maximum Gasteiger partial charge on any atom is 0.416 e. The SMILES string of the molecule is CC(C)(CNC(=O)c1ccc(Br)o1)c1cccc(C(F)(F)F)c1. The maximum atomic E-state index is 12.8. The molecule has 0 spiro atoms. The first-order valence-corrected chi connectivity index (χ1v) is 7.60. The molecule has 7 heteroatoms. The van der Waals surface area contributed by atoms with Gasteiger partial charge in [0.15, 0.2) is 10.4 Å². The number of nitrogens with one attached hydrogen (secondary N) is 1. The smallest absolute Gasteiger partial charge is 0.416 e. The van der Waals surface area contributed by atoms with Crippen LogP contribution in [0.15, 0.2) is 45.5 Å². The van der Waals surface area contributed by atoms with Crippen molar-refractivity contribution >= 4 is 21.8 Å². The topological polar surface area (TPSA) is 42.2 Å². The first-order valence-electron chi connectivity index (χ1n) is 6.81. The number of halogens is 4. The highest BCUT2D eigenvalue weighted by Gasteiger charge is 2.32. The van der Waals surface area contributed by atoms with E-state index in [4.69, 9.17) is 4.42 Å². The Kier molecular flexibility index (Phi) is 4.89. The third kappa shape index (κ3) is 4.37. The fourth-order valence-corrected chi connectivity index (χ4v) is 2.35. The maximum absolute atomic E-state index is 12.8. The lowest BCUT2D eigenvalue weighted by atomic mass is 9.83. The summed E-state index contributed by atoms with van der Waals surface area (Å²) < 4.78 is 44.0. The number of rotatable bonds is 4. The molecular weight excluding hydrogens is 375 g/mol. The fourth-order valence-electron chi connectivity index (χ4n) is 2.04. The van der Waals surface area contributed by atoms with Gasteiger partial charge in [0.25, 0.3) is 5.91 Å². The van der Waals surface area contributed by atoms with E-state index < -0.39 is 23.1 Å². The van der Waals surface area contributed by atoms with Crippen molar-refractivity contribution in [3.8, 4) is 0 Å². The second-order valence-electron chi connectivity index (χ2n) is 5.75. The lowest BCUT2D eigenvalue weighted by Crippen LogP contribution is -2.36. The predicted octanol–water partition coefficient (Wildman–Crippen LogP) is 4.77. The second-order valence-corrected chi connectivity index (χ2v) is 6.53. The zero-order chi connectivity index (χ0) is 17.3. The van der Waals surface area contributed by atoms with Crippen LogP contribution in [0.25, 0.3) is 0 Å². The van der Waals surface area contributed by atoms with Crippen molar-refractivity contribution in [3.05, 3.63) is 58.0 Å². The Hall–Kier alpha value is -1.76. The van der Waals surface area contributed by atoms with Crippen molar-refractivity contribution in [1.82, 2.24) is 5.32 Å². The van der Waals surface area contributed by atoms with E-state index in [0.29, 0.717) is 10.2 Å². The Morgan fingerprint density at radius 3 is 2.39 bits per heavy atom. The monoisotopic (exact) mass is 389 g/mol. The molecule has 1 heterocycles. The Balaban J connectivity index is 2.11. The second kappa shape index (κ2) is 6.39. The minimum atomic E-state index is -4.39. The van der Waals surface area contributed by atoms with E-state index in [1.807, 2.05) is 0 Å². The zero-order valence-corrected chi connectivity index (χ0v) is 14.1. The van der Waals surface area contributed by atoms with Gasteiger partial charge < -0.3 is 9.73 Å². The quantitative estimate of drug-likeness (QED) is 0.818. The fraction of sp³-hybridized carbons (Fsp3) is 0.312. The van der Waals surface area contributed by atoms with Crippen LogP contribution in [-0.2, 0) is 11.6 Å². The van der Waals surface area contributed by atoms with Crippen LogP contribution >= 0.6 is 15.9 Å². The molecule has 0 saturated heterocycles. The highest BCUT2D eigenvalue weighted by atomic mass is 79.9. The third-order valence-corrected chi connectivity index (χ3v) is 3.89. The van der Waals surface area contributed by atoms with Gasteiger partial charge in [0.2, 0.25) is 0 Å². The van der Waals surface area contributed by atoms with E-state index in [9.17, 15) is 18.0 Å². The van der Waals surface area contributed by atoms with Crippen molar-refractivity contribution in [2.45, 2.75) is 25.4 Å². The minimum Gasteiger partial charge on any atom is -0.444 e. The average molecular weight is 390 g/mol. The van der Waals surface area contributed by atoms with Gasteiger partial charge in [-0.05, 0) is 39.7 Å². The van der Waals surface area contributed by atoms with Gasteiger partial charge in [-0.1, -0.05) is 32.0 Å². The molecule has 23 heavy (non-hydrogen) atoms. The number of carbonyl (C=O) groups excluding carboxylic acids is 1. The number of carbonyl (C=O) groups is 1. The number of furan rings is 1. The standard InChI is InChI=1S/C16H15BrF3NO2/c1-15(2,9-21-14(22)12-6-7-13(17)23-12)10-4-3-5-11(8-10)16(18,19)20/h3-8H,9H2,1-2H3,(H,21,22). The van der Waals surface area contributed by atoms with Crippen LogP contribution in [0.4, 0.5) is 13.2 Å². The molecule has 0 bridgehead atoms. The predicted molar refractivity (Wildman–Crippen MR) is 83.2 cm³/mol. The highest BCUT2D eigenvalue weighted by Crippen LogP contribution is 2.32. The van der Waals surface area contributed by atoms with Crippen molar-refractivity contribution in [2.24, 2.45) is 0 Å². The van der Waals surface area contributed by atoms with Crippen LogP contribution in [0.2, 0.25) is 0 Å². The molecule has 2 rings (SSSR count). The van der Waals surface area contributed by atoms with Gasteiger partial charge in [-0.15, -0.1) is 0 Å². The van der Waals surface area contributed by atoms with Crippen LogP contribution in [-0.4, -0.2) is 12.5 Å². The van der Waals surface area contributed by atoms with Gasteiger partial charge in [-0.3, -0.25) is 4.79 Å². The Labute approximate surface area is 140 Å². The highest BCUT2D eigenvalue weighted by molar-refractivity contribution is 9.10. The van der Waals surface area contributed by atoms with Crippen molar-refractivity contribution < 1.29 is 22.4 Å². The third-order valence-electron chi connectivity index (χ3n) is 3.46. The van der Waals surface area contributed by atoms with Crippen molar-refractivity contribution in [1.29, 1.82) is 0 Å². The molecule has 1 amide bonds. The van der Waals surface area contributed by atoms with Crippen LogP contribution in [0.3, 0.4) is 0 Å². The molecule has 0 fully saturated rings. The van der Waals surface area contributed by atoms with E-state index in [1.165, 1.54) is 12.1 Å². The van der Waals surface area contributed by atoms with E-state index in [0.717, 1.165) is 12.1 Å². The summed E-state index contributed by atoms with van der Waals surface area (Å²) >= 11 is 3.10. The van der Waals surface area contributed by atoms with Crippen LogP contribution in [0.5, 0.6) is 0 Å². The average Bonchev–Trinajstić information content (AvgIpc) is 2.91. The zero-order valence-electron chi connectivity index (χ0n) is 12.5. The van der Waals surface area contributed by atoms with Gasteiger partial charge in [0.1, 0.15) is 0 Å². The molecule has 124 valence electrons. The summed E-state index contributed by atoms with van der Waals surface area (Å²) in [5.41, 5.74) is -0.876. The normalized spacial score (nSPS) is 12.3. The van der Waals surface area contributed by atoms with Gasteiger partial charge in [0, 0.05) is 12.0 Å². The molecule has 1 aromatic heterocycles. The van der Waals surface area contributed by atoms with Crippen molar-refractivity contribution in [2.75, 3.05) is 6.54 Å². The molecule has 1 N–H and O–H groups in total. The van der Waals surface area contributed by atoms with Gasteiger partial charge in [0.05, 0.1) is 5.56 Å². The summed E-state index contributed by atoms with van der Waals surface area (Å²) in [6, 6.07) is 8.22. The molecule has 0 aliphatic heterocycles. The van der Waals surface area contributed by atoms with Gasteiger partial charge >= 0.3 is 6.18 Å². The molecule has 0 radical (unpaired) electrons. The lowest BCUT2D eigenvalue weighted by Gasteiger charge is -2.26. The number of hydrogen-bond donors (Lipinski definition) is 1. The molecule has 0 unspecified atom stereocenters. The number of alkyl halides is 3.